The lowest BCUT2D eigenvalue weighted by Crippen LogP contribution is -2.47. The number of likely N-dealkylation sites (tertiary alicyclic amines) is 1. The van der Waals surface area contributed by atoms with E-state index in [9.17, 15) is 14.4 Å². The molecule has 170 valence electrons. The second kappa shape index (κ2) is 11.4. The number of hydrogen-bond donors (Lipinski definition) is 3. The van der Waals surface area contributed by atoms with Crippen LogP contribution in [-0.2, 0) is 33.8 Å². The van der Waals surface area contributed by atoms with Gasteiger partial charge in [-0.25, -0.2) is 0 Å². The number of aliphatic carboxylic acids is 1. The van der Waals surface area contributed by atoms with Gasteiger partial charge in [0.25, 0.3) is 0 Å². The molecule has 0 spiro atoms. The first-order valence-electron chi connectivity index (χ1n) is 11.1. The van der Waals surface area contributed by atoms with Gasteiger partial charge in [-0.15, -0.1) is 0 Å². The van der Waals surface area contributed by atoms with Gasteiger partial charge >= 0.3 is 5.97 Å². The van der Waals surface area contributed by atoms with Gasteiger partial charge in [-0.05, 0) is 42.4 Å². The van der Waals surface area contributed by atoms with Crippen molar-refractivity contribution in [3.8, 4) is 0 Å². The minimum Gasteiger partial charge on any atom is -0.481 e. The van der Waals surface area contributed by atoms with Crippen molar-refractivity contribution in [3.05, 3.63) is 71.3 Å². The number of benzene rings is 2. The van der Waals surface area contributed by atoms with Gasteiger partial charge < -0.3 is 21.1 Å². The summed E-state index contributed by atoms with van der Waals surface area (Å²) in [5.74, 6) is -1.05. The van der Waals surface area contributed by atoms with Crippen LogP contribution in [0.4, 0.5) is 0 Å². The molecule has 7 heteroatoms. The van der Waals surface area contributed by atoms with E-state index in [-0.39, 0.29) is 30.7 Å². The average molecular weight is 438 g/mol. The Bertz CT molecular complexity index is 915. The van der Waals surface area contributed by atoms with E-state index in [1.165, 1.54) is 0 Å². The third-order valence-corrected chi connectivity index (χ3v) is 5.77. The van der Waals surface area contributed by atoms with Gasteiger partial charge in [0.05, 0.1) is 0 Å². The monoisotopic (exact) mass is 437 g/mol. The molecule has 1 saturated heterocycles. The first-order chi connectivity index (χ1) is 15.4. The molecule has 3 rings (SSSR count). The summed E-state index contributed by atoms with van der Waals surface area (Å²) in [6.45, 7) is 0.942. The maximum absolute atomic E-state index is 12.8. The Labute approximate surface area is 188 Å². The summed E-state index contributed by atoms with van der Waals surface area (Å²) in [5.41, 5.74) is 9.17. The van der Waals surface area contributed by atoms with Crippen LogP contribution >= 0.6 is 0 Å². The van der Waals surface area contributed by atoms with E-state index >= 15 is 0 Å². The molecule has 1 fully saturated rings. The van der Waals surface area contributed by atoms with Crippen molar-refractivity contribution in [2.75, 3.05) is 6.54 Å². The fourth-order valence-electron chi connectivity index (χ4n) is 4.05. The van der Waals surface area contributed by atoms with Crippen LogP contribution in [0, 0.1) is 0 Å². The number of aryl methyl sites for hydroxylation is 1. The minimum absolute atomic E-state index is 0.0751. The third-order valence-electron chi connectivity index (χ3n) is 5.77. The molecule has 0 bridgehead atoms. The molecule has 0 aliphatic carbocycles. The SMILES string of the molecule is N[C@@H](CC(=O)N1CCC[C@H]1C(=O)NCc1ccc(CCC(=O)O)cc1)Cc1ccccc1. The Hall–Kier alpha value is -3.19. The summed E-state index contributed by atoms with van der Waals surface area (Å²) in [4.78, 5) is 37.9. The normalized spacial score (nSPS) is 16.5. The van der Waals surface area contributed by atoms with Crippen LogP contribution in [-0.4, -0.2) is 46.4 Å². The highest BCUT2D eigenvalue weighted by atomic mass is 16.4. The molecular weight excluding hydrogens is 406 g/mol. The molecule has 0 saturated carbocycles. The largest absolute Gasteiger partial charge is 0.481 e. The molecule has 32 heavy (non-hydrogen) atoms. The van der Waals surface area contributed by atoms with Crippen LogP contribution in [0.5, 0.6) is 0 Å². The molecule has 7 nitrogen and oxygen atoms in total. The molecule has 0 radical (unpaired) electrons. The number of carbonyl (C=O) groups excluding carboxylic acids is 2. The fourth-order valence-corrected chi connectivity index (χ4v) is 4.05. The number of carboxylic acid groups (broad SMARTS) is 1. The van der Waals surface area contributed by atoms with Crippen LogP contribution in [0.2, 0.25) is 0 Å². The quantitative estimate of drug-likeness (QED) is 0.528. The summed E-state index contributed by atoms with van der Waals surface area (Å²) >= 11 is 0. The van der Waals surface area contributed by atoms with Gasteiger partial charge in [-0.2, -0.15) is 0 Å². The maximum Gasteiger partial charge on any atom is 0.303 e. The van der Waals surface area contributed by atoms with E-state index in [0.717, 1.165) is 23.1 Å². The summed E-state index contributed by atoms with van der Waals surface area (Å²) in [5, 5.41) is 11.7. The van der Waals surface area contributed by atoms with Crippen molar-refractivity contribution >= 4 is 17.8 Å². The van der Waals surface area contributed by atoms with Crippen molar-refractivity contribution in [2.45, 2.75) is 57.2 Å². The molecule has 2 amide bonds. The highest BCUT2D eigenvalue weighted by molar-refractivity contribution is 5.88. The summed E-state index contributed by atoms with van der Waals surface area (Å²) in [6.07, 6.45) is 2.87. The molecule has 2 aromatic rings. The lowest BCUT2D eigenvalue weighted by atomic mass is 10.0. The van der Waals surface area contributed by atoms with Crippen molar-refractivity contribution in [2.24, 2.45) is 5.73 Å². The van der Waals surface area contributed by atoms with Gasteiger partial charge in [0.1, 0.15) is 6.04 Å². The smallest absolute Gasteiger partial charge is 0.303 e. The van der Waals surface area contributed by atoms with Gasteiger partial charge in [0.15, 0.2) is 0 Å². The number of carbonyl (C=O) groups is 3. The number of nitrogens with zero attached hydrogens (tertiary/aromatic N) is 1. The number of amides is 2. The van der Waals surface area contributed by atoms with Crippen molar-refractivity contribution in [1.82, 2.24) is 10.2 Å². The molecule has 1 aliphatic heterocycles. The summed E-state index contributed by atoms with van der Waals surface area (Å²) < 4.78 is 0. The van der Waals surface area contributed by atoms with Gasteiger partial charge in [-0.3, -0.25) is 14.4 Å². The number of hydrogen-bond acceptors (Lipinski definition) is 4. The van der Waals surface area contributed by atoms with Crippen LogP contribution in [0.15, 0.2) is 54.6 Å². The van der Waals surface area contributed by atoms with E-state index in [1.807, 2.05) is 54.6 Å². The number of nitrogens with two attached hydrogens (primary N) is 1. The van der Waals surface area contributed by atoms with E-state index in [2.05, 4.69) is 5.32 Å². The van der Waals surface area contributed by atoms with Gasteiger partial charge in [0, 0.05) is 32.0 Å². The summed E-state index contributed by atoms with van der Waals surface area (Å²) in [6, 6.07) is 16.6. The first-order valence-corrected chi connectivity index (χ1v) is 11.1. The molecule has 2 aromatic carbocycles. The highest BCUT2D eigenvalue weighted by Crippen LogP contribution is 2.20. The van der Waals surface area contributed by atoms with Crippen LogP contribution in [0.1, 0.15) is 42.4 Å². The lowest BCUT2D eigenvalue weighted by Gasteiger charge is -2.25. The predicted octanol–water partition coefficient (Wildman–Crippen LogP) is 2.27. The average Bonchev–Trinajstić information content (AvgIpc) is 3.27. The zero-order valence-electron chi connectivity index (χ0n) is 18.2. The third kappa shape index (κ3) is 6.92. The second-order valence-electron chi connectivity index (χ2n) is 8.33. The fraction of sp³-hybridized carbons (Fsp3) is 0.400. The highest BCUT2D eigenvalue weighted by Gasteiger charge is 2.34. The topological polar surface area (TPSA) is 113 Å². The van der Waals surface area contributed by atoms with Crippen molar-refractivity contribution in [3.63, 3.8) is 0 Å². The second-order valence-corrected chi connectivity index (χ2v) is 8.33. The lowest BCUT2D eigenvalue weighted by molar-refractivity contribution is -0.138. The van der Waals surface area contributed by atoms with Crippen LogP contribution in [0.25, 0.3) is 0 Å². The van der Waals surface area contributed by atoms with Crippen LogP contribution in [0.3, 0.4) is 0 Å². The zero-order valence-corrected chi connectivity index (χ0v) is 18.2. The number of carboxylic acids is 1. The zero-order chi connectivity index (χ0) is 22.9. The Morgan fingerprint density at radius 1 is 1.03 bits per heavy atom. The van der Waals surface area contributed by atoms with E-state index in [4.69, 9.17) is 10.8 Å². The molecule has 0 aromatic heterocycles. The molecular formula is C25H31N3O4. The van der Waals surface area contributed by atoms with E-state index in [0.29, 0.717) is 32.4 Å². The van der Waals surface area contributed by atoms with Crippen LogP contribution < -0.4 is 11.1 Å². The number of rotatable bonds is 10. The first kappa shape index (κ1) is 23.5. The van der Waals surface area contributed by atoms with Gasteiger partial charge in [0.2, 0.25) is 11.8 Å². The molecule has 1 aliphatic rings. The van der Waals surface area contributed by atoms with Crippen molar-refractivity contribution < 1.29 is 19.5 Å². The Morgan fingerprint density at radius 3 is 2.41 bits per heavy atom. The minimum atomic E-state index is -0.821. The van der Waals surface area contributed by atoms with Crippen molar-refractivity contribution in [1.29, 1.82) is 0 Å². The molecule has 2 atom stereocenters. The summed E-state index contributed by atoms with van der Waals surface area (Å²) in [7, 11) is 0. The molecule has 4 N–H and O–H groups in total. The maximum atomic E-state index is 12.8. The standard InChI is InChI=1S/C25H31N3O4/c26-21(15-19-5-2-1-3-6-19)16-23(29)28-14-4-7-22(28)25(32)27-17-20-10-8-18(9-11-20)12-13-24(30)31/h1-3,5-6,8-11,21-22H,4,7,12-17,26H2,(H,27,32)(H,30,31)/t21-,22+/m1/s1. The Kier molecular flexibility index (Phi) is 8.39. The van der Waals surface area contributed by atoms with Gasteiger partial charge in [-0.1, -0.05) is 54.6 Å². The molecule has 0 unspecified atom stereocenters. The molecule has 1 heterocycles. The number of nitrogens with one attached hydrogen (secondary N) is 1. The van der Waals surface area contributed by atoms with E-state index in [1.54, 1.807) is 4.90 Å². The Balaban J connectivity index is 1.48. The van der Waals surface area contributed by atoms with E-state index < -0.39 is 12.0 Å². The Morgan fingerprint density at radius 2 is 1.72 bits per heavy atom. The predicted molar refractivity (Wildman–Crippen MR) is 122 cm³/mol.